The Bertz CT molecular complexity index is 1020. The summed E-state index contributed by atoms with van der Waals surface area (Å²) < 4.78 is 5.57. The Kier molecular flexibility index (Phi) is 5.05. The number of hydrogen-bond acceptors (Lipinski definition) is 5. The average molecular weight is 398 g/mol. The van der Waals surface area contributed by atoms with Crippen LogP contribution in [-0.4, -0.2) is 29.8 Å². The van der Waals surface area contributed by atoms with Crippen molar-refractivity contribution in [2.75, 3.05) is 23.3 Å². The predicted octanol–water partition coefficient (Wildman–Crippen LogP) is 4.54. The number of piperidine rings is 1. The highest BCUT2D eigenvalue weighted by Crippen LogP contribution is 2.26. The summed E-state index contributed by atoms with van der Waals surface area (Å²) in [4.78, 5) is 30.5. The van der Waals surface area contributed by atoms with Gasteiger partial charge in [-0.1, -0.05) is 11.6 Å². The Balaban J connectivity index is 1.36. The molecular weight excluding hydrogens is 378 g/mol. The molecule has 3 aromatic rings. The zero-order valence-electron chi connectivity index (χ0n) is 15.4. The first-order chi connectivity index (χ1) is 13.5. The van der Waals surface area contributed by atoms with Crippen LogP contribution < -0.4 is 10.2 Å². The van der Waals surface area contributed by atoms with Gasteiger partial charge in [0.25, 0.3) is 0 Å². The number of aromatic nitrogens is 1. The molecule has 4 rings (SSSR count). The lowest BCUT2D eigenvalue weighted by Gasteiger charge is -2.32. The van der Waals surface area contributed by atoms with Gasteiger partial charge in [-0.05, 0) is 62.2 Å². The minimum atomic E-state index is -0.0913. The van der Waals surface area contributed by atoms with Gasteiger partial charge in [0.05, 0.1) is 0 Å². The fourth-order valence-corrected chi connectivity index (χ4v) is 3.63. The smallest absolute Gasteiger partial charge is 0.302 e. The maximum Gasteiger partial charge on any atom is 0.302 e. The molecule has 0 aliphatic carbocycles. The quantitative estimate of drug-likeness (QED) is 0.654. The van der Waals surface area contributed by atoms with Gasteiger partial charge in [-0.2, -0.15) is 4.98 Å². The molecular formula is C21H20ClN3O3. The van der Waals surface area contributed by atoms with Gasteiger partial charge in [-0.25, -0.2) is 0 Å². The van der Waals surface area contributed by atoms with E-state index in [2.05, 4.69) is 15.2 Å². The Morgan fingerprint density at radius 3 is 2.54 bits per heavy atom. The van der Waals surface area contributed by atoms with Crippen molar-refractivity contribution in [1.82, 2.24) is 4.98 Å². The summed E-state index contributed by atoms with van der Waals surface area (Å²) in [6.07, 6.45) is 1.48. The van der Waals surface area contributed by atoms with Crippen LogP contribution in [0, 0.1) is 5.92 Å². The number of benzene rings is 2. The van der Waals surface area contributed by atoms with Crippen LogP contribution in [0.4, 0.5) is 11.7 Å². The highest BCUT2D eigenvalue weighted by atomic mass is 35.5. The summed E-state index contributed by atoms with van der Waals surface area (Å²) in [7, 11) is 0. The van der Waals surface area contributed by atoms with Gasteiger partial charge in [-0.15, -0.1) is 0 Å². The molecule has 0 radical (unpaired) electrons. The van der Waals surface area contributed by atoms with Crippen molar-refractivity contribution in [2.24, 2.45) is 5.92 Å². The molecule has 28 heavy (non-hydrogen) atoms. The molecule has 1 N–H and O–H groups in total. The molecule has 7 heteroatoms. The number of nitrogens with zero attached hydrogens (tertiary/aromatic N) is 2. The molecule has 1 aliphatic heterocycles. The maximum atomic E-state index is 12.6. The lowest BCUT2D eigenvalue weighted by Crippen LogP contribution is -2.38. The molecule has 1 fully saturated rings. The summed E-state index contributed by atoms with van der Waals surface area (Å²) in [5.41, 5.74) is 2.98. The van der Waals surface area contributed by atoms with Crippen LogP contribution in [0.5, 0.6) is 0 Å². The molecule has 0 atom stereocenters. The zero-order valence-corrected chi connectivity index (χ0v) is 16.2. The molecule has 6 nitrogen and oxygen atoms in total. The second-order valence-electron chi connectivity index (χ2n) is 6.98. The van der Waals surface area contributed by atoms with Gasteiger partial charge in [0, 0.05) is 35.3 Å². The van der Waals surface area contributed by atoms with Crippen LogP contribution in [0.1, 0.15) is 30.1 Å². The SMILES string of the molecule is CC(=O)c1ccc(N2CCC(C(=O)Nc3nc4cc(Cl)ccc4o3)CC2)cc1. The van der Waals surface area contributed by atoms with E-state index in [0.29, 0.717) is 21.7 Å². The van der Waals surface area contributed by atoms with E-state index in [9.17, 15) is 9.59 Å². The number of anilines is 2. The average Bonchev–Trinajstić information content (AvgIpc) is 3.09. The second kappa shape index (κ2) is 7.64. The van der Waals surface area contributed by atoms with Crippen LogP contribution >= 0.6 is 11.6 Å². The number of fused-ring (bicyclic) bond motifs is 1. The number of rotatable bonds is 4. The summed E-state index contributed by atoms with van der Waals surface area (Å²) in [6, 6.07) is 13.0. The Morgan fingerprint density at radius 2 is 1.86 bits per heavy atom. The summed E-state index contributed by atoms with van der Waals surface area (Å²) in [5, 5.41) is 3.35. The van der Waals surface area contributed by atoms with Gasteiger partial charge in [-0.3, -0.25) is 14.9 Å². The van der Waals surface area contributed by atoms with E-state index in [-0.39, 0.29) is 23.6 Å². The molecule has 1 aliphatic rings. The third kappa shape index (κ3) is 3.87. The Hall–Kier alpha value is -2.86. The standard InChI is InChI=1S/C21H20ClN3O3/c1-13(26)14-2-5-17(6-3-14)25-10-8-15(9-11-25)20(27)24-21-23-18-12-16(22)4-7-19(18)28-21/h2-7,12,15H,8-11H2,1H3,(H,23,24,27). The van der Waals surface area contributed by atoms with E-state index in [1.54, 1.807) is 25.1 Å². The maximum absolute atomic E-state index is 12.6. The van der Waals surface area contributed by atoms with Crippen LogP contribution in [0.3, 0.4) is 0 Å². The van der Waals surface area contributed by atoms with E-state index in [4.69, 9.17) is 16.0 Å². The van der Waals surface area contributed by atoms with Crippen molar-refractivity contribution in [2.45, 2.75) is 19.8 Å². The third-order valence-corrected chi connectivity index (χ3v) is 5.32. The Labute approximate surface area is 167 Å². The predicted molar refractivity (Wildman–Crippen MR) is 109 cm³/mol. The molecule has 1 aromatic heterocycles. The number of carbonyl (C=O) groups is 2. The zero-order chi connectivity index (χ0) is 19.7. The molecule has 1 amide bonds. The van der Waals surface area contributed by atoms with Crippen molar-refractivity contribution >= 4 is 46.1 Å². The van der Waals surface area contributed by atoms with Crippen molar-refractivity contribution in [1.29, 1.82) is 0 Å². The van der Waals surface area contributed by atoms with Crippen molar-refractivity contribution in [3.63, 3.8) is 0 Å². The minimum Gasteiger partial charge on any atom is -0.423 e. The molecule has 1 saturated heterocycles. The number of Topliss-reactive ketones (excluding diaryl/α,β-unsaturated/α-hetero) is 1. The number of ketones is 1. The van der Waals surface area contributed by atoms with Gasteiger partial charge < -0.3 is 9.32 Å². The summed E-state index contributed by atoms with van der Waals surface area (Å²) >= 11 is 5.95. The number of halogens is 1. The first kappa shape index (κ1) is 18.5. The number of oxazole rings is 1. The fourth-order valence-electron chi connectivity index (χ4n) is 3.47. The molecule has 144 valence electrons. The van der Waals surface area contributed by atoms with Crippen LogP contribution in [-0.2, 0) is 4.79 Å². The first-order valence-corrected chi connectivity index (χ1v) is 9.60. The lowest BCUT2D eigenvalue weighted by molar-refractivity contribution is -0.120. The van der Waals surface area contributed by atoms with E-state index in [1.165, 1.54) is 0 Å². The summed E-state index contributed by atoms with van der Waals surface area (Å²) in [6.45, 7) is 3.12. The van der Waals surface area contributed by atoms with E-state index in [1.807, 2.05) is 24.3 Å². The molecule has 0 unspecified atom stereocenters. The van der Waals surface area contributed by atoms with Gasteiger partial charge in [0.15, 0.2) is 11.4 Å². The van der Waals surface area contributed by atoms with E-state index in [0.717, 1.165) is 31.6 Å². The van der Waals surface area contributed by atoms with Gasteiger partial charge in [0.1, 0.15) is 5.52 Å². The van der Waals surface area contributed by atoms with E-state index >= 15 is 0 Å². The normalized spacial score (nSPS) is 15.0. The minimum absolute atomic E-state index is 0.0587. The monoisotopic (exact) mass is 397 g/mol. The lowest BCUT2D eigenvalue weighted by atomic mass is 9.95. The number of nitrogens with one attached hydrogen (secondary N) is 1. The number of carbonyl (C=O) groups excluding carboxylic acids is 2. The third-order valence-electron chi connectivity index (χ3n) is 5.08. The first-order valence-electron chi connectivity index (χ1n) is 9.22. The van der Waals surface area contributed by atoms with Crippen LogP contribution in [0.2, 0.25) is 5.02 Å². The second-order valence-corrected chi connectivity index (χ2v) is 7.42. The van der Waals surface area contributed by atoms with Crippen molar-refractivity contribution in [3.05, 3.63) is 53.1 Å². The topological polar surface area (TPSA) is 75.4 Å². The largest absolute Gasteiger partial charge is 0.423 e. The molecule has 0 spiro atoms. The van der Waals surface area contributed by atoms with Gasteiger partial charge >= 0.3 is 6.01 Å². The Morgan fingerprint density at radius 1 is 1.14 bits per heavy atom. The molecule has 2 heterocycles. The van der Waals surface area contributed by atoms with Crippen LogP contribution in [0.25, 0.3) is 11.1 Å². The summed E-state index contributed by atoms with van der Waals surface area (Å²) in [5.74, 6) is -0.112. The molecule has 2 aromatic carbocycles. The van der Waals surface area contributed by atoms with Crippen molar-refractivity contribution < 1.29 is 14.0 Å². The molecule has 0 bridgehead atoms. The number of hydrogen-bond donors (Lipinski definition) is 1. The number of amides is 1. The highest BCUT2D eigenvalue weighted by molar-refractivity contribution is 6.31. The highest BCUT2D eigenvalue weighted by Gasteiger charge is 2.26. The van der Waals surface area contributed by atoms with Gasteiger partial charge in [0.2, 0.25) is 5.91 Å². The van der Waals surface area contributed by atoms with Crippen LogP contribution in [0.15, 0.2) is 46.9 Å². The molecule has 0 saturated carbocycles. The fraction of sp³-hybridized carbons (Fsp3) is 0.286. The van der Waals surface area contributed by atoms with Crippen molar-refractivity contribution in [3.8, 4) is 0 Å². The van der Waals surface area contributed by atoms with E-state index < -0.39 is 0 Å².